The van der Waals surface area contributed by atoms with E-state index in [1.807, 2.05) is 0 Å². The molecule has 5 nitrogen and oxygen atoms in total. The van der Waals surface area contributed by atoms with Crippen LogP contribution in [0.5, 0.6) is 0 Å². The molecule has 0 bridgehead atoms. The summed E-state index contributed by atoms with van der Waals surface area (Å²) in [5, 5.41) is 4.62. The fourth-order valence-electron chi connectivity index (χ4n) is 1.64. The van der Waals surface area contributed by atoms with E-state index in [1.54, 1.807) is 12.3 Å². The Balaban J connectivity index is 2.05. The second-order valence-electron chi connectivity index (χ2n) is 4.20. The number of aromatic nitrogens is 1. The molecule has 0 fully saturated rings. The lowest BCUT2D eigenvalue weighted by Crippen LogP contribution is -2.14. The standard InChI is InChI=1S/C14H12ClFN2O3S/c1-2-21-12(19)6-9-7-22-14(17-9)18-13(20)10-5-8(15)3-4-11(10)16/h3-5,7H,2,6H2,1H3,(H,17,18,20). The van der Waals surface area contributed by atoms with Crippen molar-refractivity contribution < 1.29 is 18.7 Å². The highest BCUT2D eigenvalue weighted by Gasteiger charge is 2.15. The third kappa shape index (κ3) is 4.25. The van der Waals surface area contributed by atoms with Crippen molar-refractivity contribution in [3.8, 4) is 0 Å². The molecule has 8 heteroatoms. The first-order valence-electron chi connectivity index (χ1n) is 6.36. The van der Waals surface area contributed by atoms with Crippen LogP contribution in [0.15, 0.2) is 23.6 Å². The molecular weight excluding hydrogens is 331 g/mol. The Hall–Kier alpha value is -1.99. The van der Waals surface area contributed by atoms with Gasteiger partial charge in [0.05, 0.1) is 24.3 Å². The maximum Gasteiger partial charge on any atom is 0.311 e. The van der Waals surface area contributed by atoms with E-state index in [0.29, 0.717) is 12.3 Å². The lowest BCUT2D eigenvalue weighted by molar-refractivity contribution is -0.142. The monoisotopic (exact) mass is 342 g/mol. The van der Waals surface area contributed by atoms with Gasteiger partial charge in [-0.05, 0) is 25.1 Å². The number of thiazole rings is 1. The molecule has 1 N–H and O–H groups in total. The van der Waals surface area contributed by atoms with Gasteiger partial charge in [0.1, 0.15) is 5.82 Å². The van der Waals surface area contributed by atoms with Crippen LogP contribution in [-0.2, 0) is 16.0 Å². The summed E-state index contributed by atoms with van der Waals surface area (Å²) in [6.07, 6.45) is 0.0196. The quantitative estimate of drug-likeness (QED) is 0.846. The molecule has 1 amide bonds. The van der Waals surface area contributed by atoms with E-state index in [-0.39, 0.29) is 22.1 Å². The van der Waals surface area contributed by atoms with E-state index in [1.165, 1.54) is 12.1 Å². The Morgan fingerprint density at radius 3 is 2.95 bits per heavy atom. The van der Waals surface area contributed by atoms with Crippen LogP contribution in [0.1, 0.15) is 23.0 Å². The molecule has 0 aliphatic heterocycles. The zero-order valence-corrected chi connectivity index (χ0v) is 13.1. The topological polar surface area (TPSA) is 68.3 Å². The number of rotatable bonds is 5. The first-order chi connectivity index (χ1) is 10.5. The molecular formula is C14H12ClFN2O3S. The second kappa shape index (κ2) is 7.33. The Labute approximate surface area is 135 Å². The number of amides is 1. The third-order valence-electron chi connectivity index (χ3n) is 2.58. The fraction of sp³-hybridized carbons (Fsp3) is 0.214. The van der Waals surface area contributed by atoms with Crippen LogP contribution in [0.2, 0.25) is 5.02 Å². The van der Waals surface area contributed by atoms with Gasteiger partial charge in [-0.3, -0.25) is 14.9 Å². The SMILES string of the molecule is CCOC(=O)Cc1csc(NC(=O)c2cc(Cl)ccc2F)n1. The summed E-state index contributed by atoms with van der Waals surface area (Å²) < 4.78 is 18.4. The number of halogens is 2. The molecule has 22 heavy (non-hydrogen) atoms. The van der Waals surface area contributed by atoms with Crippen LogP contribution >= 0.6 is 22.9 Å². The number of hydrogen-bond donors (Lipinski definition) is 1. The van der Waals surface area contributed by atoms with Gasteiger partial charge in [-0.25, -0.2) is 9.37 Å². The van der Waals surface area contributed by atoms with Crippen molar-refractivity contribution in [2.24, 2.45) is 0 Å². The van der Waals surface area contributed by atoms with Crippen LogP contribution in [0, 0.1) is 5.82 Å². The molecule has 2 rings (SSSR count). The predicted molar refractivity (Wildman–Crippen MR) is 81.8 cm³/mol. The highest BCUT2D eigenvalue weighted by Crippen LogP contribution is 2.20. The summed E-state index contributed by atoms with van der Waals surface area (Å²) in [5.41, 5.74) is 0.306. The van der Waals surface area contributed by atoms with E-state index in [0.717, 1.165) is 17.4 Å². The number of anilines is 1. The van der Waals surface area contributed by atoms with Gasteiger partial charge >= 0.3 is 5.97 Å². The first-order valence-corrected chi connectivity index (χ1v) is 7.61. The minimum Gasteiger partial charge on any atom is -0.466 e. The van der Waals surface area contributed by atoms with E-state index in [4.69, 9.17) is 16.3 Å². The number of nitrogens with zero attached hydrogens (tertiary/aromatic N) is 1. The lowest BCUT2D eigenvalue weighted by atomic mass is 10.2. The van der Waals surface area contributed by atoms with Crippen molar-refractivity contribution in [3.05, 3.63) is 45.7 Å². The van der Waals surface area contributed by atoms with Crippen molar-refractivity contribution in [2.75, 3.05) is 11.9 Å². The van der Waals surface area contributed by atoms with Crippen LogP contribution in [0.25, 0.3) is 0 Å². The molecule has 1 aromatic carbocycles. The van der Waals surface area contributed by atoms with Gasteiger partial charge in [0.25, 0.3) is 5.91 Å². The van der Waals surface area contributed by atoms with Crippen molar-refractivity contribution in [1.29, 1.82) is 0 Å². The van der Waals surface area contributed by atoms with E-state index < -0.39 is 17.7 Å². The Morgan fingerprint density at radius 2 is 2.23 bits per heavy atom. The van der Waals surface area contributed by atoms with Crippen LogP contribution in [-0.4, -0.2) is 23.5 Å². The number of nitrogens with one attached hydrogen (secondary N) is 1. The van der Waals surface area contributed by atoms with Gasteiger partial charge < -0.3 is 4.74 Å². The highest BCUT2D eigenvalue weighted by molar-refractivity contribution is 7.14. The van der Waals surface area contributed by atoms with E-state index in [9.17, 15) is 14.0 Å². The van der Waals surface area contributed by atoms with E-state index in [2.05, 4.69) is 10.3 Å². The Kier molecular flexibility index (Phi) is 5.46. The number of carbonyl (C=O) groups is 2. The van der Waals surface area contributed by atoms with Gasteiger partial charge in [0.2, 0.25) is 0 Å². The number of carbonyl (C=O) groups excluding carboxylic acids is 2. The second-order valence-corrected chi connectivity index (χ2v) is 5.50. The minimum atomic E-state index is -0.676. The molecule has 0 spiro atoms. The van der Waals surface area contributed by atoms with E-state index >= 15 is 0 Å². The minimum absolute atomic E-state index is 0.0196. The third-order valence-corrected chi connectivity index (χ3v) is 3.62. The summed E-state index contributed by atoms with van der Waals surface area (Å²) in [5.74, 6) is -1.73. The molecule has 0 saturated carbocycles. The maximum absolute atomic E-state index is 13.6. The molecule has 1 aromatic heterocycles. The molecule has 0 unspecified atom stereocenters. The smallest absolute Gasteiger partial charge is 0.311 e. The zero-order chi connectivity index (χ0) is 16.1. The van der Waals surface area contributed by atoms with Crippen molar-refractivity contribution in [2.45, 2.75) is 13.3 Å². The molecule has 0 aliphatic rings. The average Bonchev–Trinajstić information content (AvgIpc) is 2.88. The summed E-state index contributed by atoms with van der Waals surface area (Å²) in [7, 11) is 0. The largest absolute Gasteiger partial charge is 0.466 e. The van der Waals surface area contributed by atoms with Gasteiger partial charge in [0, 0.05) is 10.4 Å². The zero-order valence-electron chi connectivity index (χ0n) is 11.6. The lowest BCUT2D eigenvalue weighted by Gasteiger charge is -2.03. The number of ether oxygens (including phenoxy) is 1. The first kappa shape index (κ1) is 16.4. The number of esters is 1. The summed E-state index contributed by atoms with van der Waals surface area (Å²) >= 11 is 6.88. The van der Waals surface area contributed by atoms with Crippen LogP contribution < -0.4 is 5.32 Å². The summed E-state index contributed by atoms with van der Waals surface area (Å²) in [6, 6.07) is 3.71. The molecule has 116 valence electrons. The molecule has 0 saturated heterocycles. The van der Waals surface area contributed by atoms with Crippen molar-refractivity contribution in [1.82, 2.24) is 4.98 Å². The Morgan fingerprint density at radius 1 is 1.45 bits per heavy atom. The number of benzene rings is 1. The molecule has 0 aliphatic carbocycles. The van der Waals surface area contributed by atoms with Crippen molar-refractivity contribution in [3.63, 3.8) is 0 Å². The Bertz CT molecular complexity index is 705. The van der Waals surface area contributed by atoms with Gasteiger partial charge in [-0.2, -0.15) is 0 Å². The predicted octanol–water partition coefficient (Wildman–Crippen LogP) is 3.29. The highest BCUT2D eigenvalue weighted by atomic mass is 35.5. The van der Waals surface area contributed by atoms with Gasteiger partial charge in [-0.15, -0.1) is 11.3 Å². The molecule has 0 radical (unpaired) electrons. The fourth-order valence-corrected chi connectivity index (χ4v) is 2.52. The maximum atomic E-state index is 13.6. The normalized spacial score (nSPS) is 10.3. The van der Waals surface area contributed by atoms with Gasteiger partial charge in [-0.1, -0.05) is 11.6 Å². The summed E-state index contributed by atoms with van der Waals surface area (Å²) in [4.78, 5) is 27.4. The number of hydrogen-bond acceptors (Lipinski definition) is 5. The van der Waals surface area contributed by atoms with Crippen molar-refractivity contribution >= 4 is 39.9 Å². The molecule has 0 atom stereocenters. The summed E-state index contributed by atoms with van der Waals surface area (Å²) in [6.45, 7) is 2.00. The van der Waals surface area contributed by atoms with Gasteiger partial charge in [0.15, 0.2) is 5.13 Å². The molecule has 2 aromatic rings. The average molecular weight is 343 g/mol. The van der Waals surface area contributed by atoms with Crippen LogP contribution in [0.4, 0.5) is 9.52 Å². The van der Waals surface area contributed by atoms with Crippen LogP contribution in [0.3, 0.4) is 0 Å². The molecule has 1 heterocycles.